The Labute approximate surface area is 165 Å². The molecular formula is C19H22F3N3O4. The van der Waals surface area contributed by atoms with Gasteiger partial charge in [0, 0.05) is 39.0 Å². The predicted molar refractivity (Wildman–Crippen MR) is 96.8 cm³/mol. The molecule has 2 amide bonds. The van der Waals surface area contributed by atoms with Crippen molar-refractivity contribution in [2.24, 2.45) is 0 Å². The lowest BCUT2D eigenvalue weighted by Crippen LogP contribution is -2.42. The van der Waals surface area contributed by atoms with E-state index in [1.54, 1.807) is 9.80 Å². The van der Waals surface area contributed by atoms with Crippen LogP contribution in [0.1, 0.15) is 24.8 Å². The number of alkyl halides is 3. The van der Waals surface area contributed by atoms with Crippen LogP contribution in [0.3, 0.4) is 0 Å². The van der Waals surface area contributed by atoms with Crippen LogP contribution in [0.25, 0.3) is 0 Å². The fraction of sp³-hybridized carbons (Fsp3) is 0.526. The number of esters is 1. The molecule has 29 heavy (non-hydrogen) atoms. The molecule has 0 radical (unpaired) electrons. The standard InChI is InChI=1S/C19H22F3N3O4/c20-19(21,22)13-4-1-2-5-14(13)23-16(26)12-24-8-3-9-25(11-10-24)18(28)15-6-7-17(27)29-15/h1-2,4-5,15H,3,6-12H2,(H,23,26). The Morgan fingerprint density at radius 2 is 1.90 bits per heavy atom. The van der Waals surface area contributed by atoms with Gasteiger partial charge in [-0.25, -0.2) is 0 Å². The highest BCUT2D eigenvalue weighted by Crippen LogP contribution is 2.34. The van der Waals surface area contributed by atoms with E-state index in [0.717, 1.165) is 6.07 Å². The largest absolute Gasteiger partial charge is 0.452 e. The molecule has 0 aromatic heterocycles. The Bertz CT molecular complexity index is 784. The normalized spacial score (nSPS) is 20.9. The van der Waals surface area contributed by atoms with Crippen LogP contribution in [0, 0.1) is 0 Å². The summed E-state index contributed by atoms with van der Waals surface area (Å²) in [7, 11) is 0. The van der Waals surface area contributed by atoms with Crippen molar-refractivity contribution in [3.05, 3.63) is 29.8 Å². The number of hydrogen-bond acceptors (Lipinski definition) is 5. The van der Waals surface area contributed by atoms with E-state index in [0.29, 0.717) is 39.0 Å². The summed E-state index contributed by atoms with van der Waals surface area (Å²) in [5, 5.41) is 2.33. The van der Waals surface area contributed by atoms with Gasteiger partial charge in [0.2, 0.25) is 5.91 Å². The average Bonchev–Trinajstić information content (AvgIpc) is 2.96. The van der Waals surface area contributed by atoms with Gasteiger partial charge in [0.05, 0.1) is 17.8 Å². The lowest BCUT2D eigenvalue weighted by molar-refractivity contribution is -0.152. The number of rotatable bonds is 4. The maximum Gasteiger partial charge on any atom is 0.418 e. The van der Waals surface area contributed by atoms with E-state index in [1.165, 1.54) is 18.2 Å². The summed E-state index contributed by atoms with van der Waals surface area (Å²) < 4.78 is 44.2. The van der Waals surface area contributed by atoms with Crippen molar-refractivity contribution in [3.8, 4) is 0 Å². The smallest absolute Gasteiger partial charge is 0.418 e. The van der Waals surface area contributed by atoms with Gasteiger partial charge in [-0.3, -0.25) is 19.3 Å². The highest BCUT2D eigenvalue weighted by molar-refractivity contribution is 5.93. The van der Waals surface area contributed by atoms with Crippen molar-refractivity contribution in [2.45, 2.75) is 31.5 Å². The van der Waals surface area contributed by atoms with Crippen LogP contribution in [0.15, 0.2) is 24.3 Å². The maximum atomic E-state index is 13.1. The van der Waals surface area contributed by atoms with E-state index >= 15 is 0 Å². The van der Waals surface area contributed by atoms with Gasteiger partial charge < -0.3 is 15.0 Å². The zero-order valence-corrected chi connectivity index (χ0v) is 15.7. The molecule has 2 saturated heterocycles. The Balaban J connectivity index is 1.53. The highest BCUT2D eigenvalue weighted by Gasteiger charge is 2.35. The monoisotopic (exact) mass is 413 g/mol. The zero-order chi connectivity index (χ0) is 21.0. The fourth-order valence-electron chi connectivity index (χ4n) is 3.48. The average molecular weight is 413 g/mol. The number of carbonyl (C=O) groups excluding carboxylic acids is 3. The number of hydrogen-bond donors (Lipinski definition) is 1. The fourth-order valence-corrected chi connectivity index (χ4v) is 3.48. The third kappa shape index (κ3) is 5.47. The van der Waals surface area contributed by atoms with Crippen LogP contribution in [0.5, 0.6) is 0 Å². The summed E-state index contributed by atoms with van der Waals surface area (Å²) in [6.07, 6.45) is -4.08. The number of benzene rings is 1. The number of ether oxygens (including phenoxy) is 1. The molecule has 0 aliphatic carbocycles. The Morgan fingerprint density at radius 1 is 1.14 bits per heavy atom. The minimum atomic E-state index is -4.56. The first kappa shape index (κ1) is 21.1. The molecule has 0 saturated carbocycles. The van der Waals surface area contributed by atoms with Gasteiger partial charge in [0.25, 0.3) is 5.91 Å². The summed E-state index contributed by atoms with van der Waals surface area (Å²) in [5.41, 5.74) is -1.17. The number of carbonyl (C=O) groups is 3. The Kier molecular flexibility index (Phi) is 6.41. The summed E-state index contributed by atoms with van der Waals surface area (Å²) in [6, 6.07) is 4.82. The van der Waals surface area contributed by atoms with Crippen LogP contribution in [0.2, 0.25) is 0 Å². The second-order valence-corrected chi connectivity index (χ2v) is 7.06. The topological polar surface area (TPSA) is 79.0 Å². The molecule has 1 unspecified atom stereocenters. The first-order valence-electron chi connectivity index (χ1n) is 9.41. The van der Waals surface area contributed by atoms with E-state index in [2.05, 4.69) is 5.32 Å². The van der Waals surface area contributed by atoms with E-state index < -0.39 is 23.8 Å². The van der Waals surface area contributed by atoms with E-state index in [9.17, 15) is 27.6 Å². The van der Waals surface area contributed by atoms with E-state index in [4.69, 9.17) is 4.74 Å². The van der Waals surface area contributed by atoms with Gasteiger partial charge in [-0.05, 0) is 18.6 Å². The number of halogens is 3. The molecule has 2 aliphatic heterocycles. The number of amides is 2. The lowest BCUT2D eigenvalue weighted by atomic mass is 10.1. The predicted octanol–water partition coefficient (Wildman–Crippen LogP) is 1.88. The van der Waals surface area contributed by atoms with E-state index in [-0.39, 0.29) is 30.5 Å². The molecule has 10 heteroatoms. The molecule has 3 rings (SSSR count). The first-order chi connectivity index (χ1) is 13.7. The van der Waals surface area contributed by atoms with Crippen molar-refractivity contribution in [1.82, 2.24) is 9.80 Å². The maximum absolute atomic E-state index is 13.1. The van der Waals surface area contributed by atoms with Crippen molar-refractivity contribution < 1.29 is 32.3 Å². The molecule has 2 heterocycles. The molecule has 1 aromatic rings. The summed E-state index contributed by atoms with van der Waals surface area (Å²) in [6.45, 7) is 1.69. The Hall–Kier alpha value is -2.62. The third-order valence-electron chi connectivity index (χ3n) is 4.93. The SMILES string of the molecule is O=C(CN1CCCN(C(=O)C2CCC(=O)O2)CC1)Nc1ccccc1C(F)(F)F. The molecule has 1 N–H and O–H groups in total. The Morgan fingerprint density at radius 3 is 2.59 bits per heavy atom. The molecule has 1 aromatic carbocycles. The van der Waals surface area contributed by atoms with Gasteiger partial charge in [-0.1, -0.05) is 12.1 Å². The van der Waals surface area contributed by atoms with Crippen molar-refractivity contribution in [1.29, 1.82) is 0 Å². The molecule has 7 nitrogen and oxygen atoms in total. The minimum absolute atomic E-state index is 0.0767. The molecule has 158 valence electrons. The van der Waals surface area contributed by atoms with Gasteiger partial charge in [0.1, 0.15) is 0 Å². The lowest BCUT2D eigenvalue weighted by Gasteiger charge is -2.23. The van der Waals surface area contributed by atoms with Crippen LogP contribution in [-0.4, -0.2) is 66.4 Å². The molecular weight excluding hydrogens is 391 g/mol. The number of cyclic esters (lactones) is 1. The first-order valence-corrected chi connectivity index (χ1v) is 9.41. The summed E-state index contributed by atoms with van der Waals surface area (Å²) in [4.78, 5) is 39.3. The van der Waals surface area contributed by atoms with Crippen LogP contribution in [-0.2, 0) is 25.3 Å². The molecule has 0 spiro atoms. The highest BCUT2D eigenvalue weighted by atomic mass is 19.4. The molecule has 2 aliphatic rings. The quantitative estimate of drug-likeness (QED) is 0.763. The van der Waals surface area contributed by atoms with E-state index in [1.807, 2.05) is 0 Å². The van der Waals surface area contributed by atoms with Gasteiger partial charge in [0.15, 0.2) is 6.10 Å². The number of nitrogens with one attached hydrogen (secondary N) is 1. The van der Waals surface area contributed by atoms with Crippen LogP contribution < -0.4 is 5.32 Å². The van der Waals surface area contributed by atoms with Gasteiger partial charge >= 0.3 is 12.1 Å². The molecule has 1 atom stereocenters. The van der Waals surface area contributed by atoms with Crippen molar-refractivity contribution in [3.63, 3.8) is 0 Å². The minimum Gasteiger partial charge on any atom is -0.452 e. The van der Waals surface area contributed by atoms with Gasteiger partial charge in [-0.15, -0.1) is 0 Å². The third-order valence-corrected chi connectivity index (χ3v) is 4.93. The number of anilines is 1. The number of para-hydroxylation sites is 1. The second kappa shape index (κ2) is 8.81. The van der Waals surface area contributed by atoms with Gasteiger partial charge in [-0.2, -0.15) is 13.2 Å². The summed E-state index contributed by atoms with van der Waals surface area (Å²) >= 11 is 0. The van der Waals surface area contributed by atoms with Crippen LogP contribution >= 0.6 is 0 Å². The zero-order valence-electron chi connectivity index (χ0n) is 15.7. The second-order valence-electron chi connectivity index (χ2n) is 7.06. The van der Waals surface area contributed by atoms with Crippen molar-refractivity contribution >= 4 is 23.5 Å². The summed E-state index contributed by atoms with van der Waals surface area (Å²) in [5.74, 6) is -1.16. The van der Waals surface area contributed by atoms with Crippen molar-refractivity contribution in [2.75, 3.05) is 38.0 Å². The number of nitrogens with zero attached hydrogens (tertiary/aromatic N) is 2. The van der Waals surface area contributed by atoms with Crippen LogP contribution in [0.4, 0.5) is 18.9 Å². The molecule has 0 bridgehead atoms. The molecule has 2 fully saturated rings.